The Balaban J connectivity index is 2.88. The molecule has 0 bridgehead atoms. The molecule has 0 saturated heterocycles. The van der Waals surface area contributed by atoms with E-state index in [9.17, 15) is 9.90 Å². The molecule has 0 radical (unpaired) electrons. The van der Waals surface area contributed by atoms with Gasteiger partial charge in [0.15, 0.2) is 0 Å². The lowest BCUT2D eigenvalue weighted by Gasteiger charge is -2.16. The lowest BCUT2D eigenvalue weighted by molar-refractivity contribution is -0.111. The highest BCUT2D eigenvalue weighted by Crippen LogP contribution is 2.21. The number of phenolic OH excluding ortho intramolecular Hbond substituents is 1. The maximum Gasteiger partial charge on any atom is 0.139 e. The van der Waals surface area contributed by atoms with Gasteiger partial charge in [-0.1, -0.05) is 6.07 Å². The Labute approximate surface area is 96.4 Å². The fourth-order valence-electron chi connectivity index (χ4n) is 1.14. The molecule has 1 aromatic rings. The van der Waals surface area contributed by atoms with Crippen molar-refractivity contribution in [3.05, 3.63) is 27.3 Å². The van der Waals surface area contributed by atoms with E-state index < -0.39 is 5.54 Å². The summed E-state index contributed by atoms with van der Waals surface area (Å²) in [5.41, 5.74) is 5.82. The minimum absolute atomic E-state index is 0.249. The number of phenols is 1. The van der Waals surface area contributed by atoms with Crippen LogP contribution >= 0.6 is 22.6 Å². The van der Waals surface area contributed by atoms with Crippen molar-refractivity contribution in [1.82, 2.24) is 0 Å². The molecule has 0 spiro atoms. The molecule has 3 N–H and O–H groups in total. The molecule has 0 amide bonds. The molecule has 3 nitrogen and oxygen atoms in total. The summed E-state index contributed by atoms with van der Waals surface area (Å²) in [5.74, 6) is 0.249. The average molecular weight is 305 g/mol. The van der Waals surface area contributed by atoms with Crippen molar-refractivity contribution in [2.24, 2.45) is 5.73 Å². The number of hydrogen-bond donors (Lipinski definition) is 2. The zero-order valence-electron chi connectivity index (χ0n) is 7.83. The van der Waals surface area contributed by atoms with E-state index in [1.54, 1.807) is 19.1 Å². The van der Waals surface area contributed by atoms with Crippen LogP contribution in [0.25, 0.3) is 0 Å². The van der Waals surface area contributed by atoms with E-state index in [2.05, 4.69) is 0 Å². The Morgan fingerprint density at radius 2 is 2.29 bits per heavy atom. The Hall–Kier alpha value is -0.620. The summed E-state index contributed by atoms with van der Waals surface area (Å²) in [6.45, 7) is 1.68. The van der Waals surface area contributed by atoms with E-state index in [0.29, 0.717) is 6.42 Å². The fourth-order valence-corrected chi connectivity index (χ4v) is 1.72. The zero-order valence-corrected chi connectivity index (χ0v) is 9.98. The second-order valence-electron chi connectivity index (χ2n) is 3.59. The van der Waals surface area contributed by atoms with Crippen LogP contribution in [0.2, 0.25) is 0 Å². The van der Waals surface area contributed by atoms with Crippen LogP contribution < -0.4 is 5.73 Å². The highest BCUT2D eigenvalue weighted by molar-refractivity contribution is 14.1. The second kappa shape index (κ2) is 4.27. The summed E-state index contributed by atoms with van der Waals surface area (Å²) in [7, 11) is 0. The van der Waals surface area contributed by atoms with Crippen LogP contribution in [0.1, 0.15) is 12.5 Å². The van der Waals surface area contributed by atoms with Crippen LogP contribution in [0.4, 0.5) is 0 Å². The maximum absolute atomic E-state index is 10.6. The molecule has 1 atom stereocenters. The van der Waals surface area contributed by atoms with E-state index in [1.807, 2.05) is 28.7 Å². The normalized spacial score (nSPS) is 14.8. The lowest BCUT2D eigenvalue weighted by Crippen LogP contribution is -2.40. The number of carbonyl (C=O) groups is 1. The van der Waals surface area contributed by atoms with Gasteiger partial charge in [-0.3, -0.25) is 0 Å². The van der Waals surface area contributed by atoms with Gasteiger partial charge in [-0.15, -0.1) is 0 Å². The molecule has 0 aliphatic heterocycles. The van der Waals surface area contributed by atoms with Gasteiger partial charge in [0, 0.05) is 0 Å². The first kappa shape index (κ1) is 11.5. The molecule has 14 heavy (non-hydrogen) atoms. The van der Waals surface area contributed by atoms with Crippen molar-refractivity contribution in [2.45, 2.75) is 18.9 Å². The Morgan fingerprint density at radius 3 is 2.79 bits per heavy atom. The molecule has 76 valence electrons. The maximum atomic E-state index is 10.6. The number of halogens is 1. The molecule has 0 unspecified atom stereocenters. The third kappa shape index (κ3) is 2.95. The summed E-state index contributed by atoms with van der Waals surface area (Å²) < 4.78 is 0.766. The molecular formula is C10H12INO2. The van der Waals surface area contributed by atoms with Crippen molar-refractivity contribution in [2.75, 3.05) is 0 Å². The van der Waals surface area contributed by atoms with E-state index in [0.717, 1.165) is 15.4 Å². The standard InChI is InChI=1S/C10H12INO2/c1-10(12,6-13)5-7-2-3-9(14)8(11)4-7/h2-4,6,14H,5,12H2,1H3/t10-/m0/s1. The monoisotopic (exact) mass is 305 g/mol. The van der Waals surface area contributed by atoms with Crippen molar-refractivity contribution >= 4 is 28.9 Å². The fraction of sp³-hybridized carbons (Fsp3) is 0.300. The van der Waals surface area contributed by atoms with E-state index in [1.165, 1.54) is 0 Å². The molecular weight excluding hydrogens is 293 g/mol. The minimum Gasteiger partial charge on any atom is -0.507 e. The van der Waals surface area contributed by atoms with E-state index in [4.69, 9.17) is 5.73 Å². The third-order valence-electron chi connectivity index (χ3n) is 1.87. The van der Waals surface area contributed by atoms with Crippen molar-refractivity contribution in [3.63, 3.8) is 0 Å². The van der Waals surface area contributed by atoms with Gasteiger partial charge in [-0.25, -0.2) is 0 Å². The minimum atomic E-state index is -0.833. The van der Waals surface area contributed by atoms with Gasteiger partial charge in [-0.05, 0) is 53.6 Å². The largest absolute Gasteiger partial charge is 0.507 e. The first-order valence-corrected chi connectivity index (χ1v) is 5.25. The second-order valence-corrected chi connectivity index (χ2v) is 4.75. The summed E-state index contributed by atoms with van der Waals surface area (Å²) in [6.07, 6.45) is 1.22. The smallest absolute Gasteiger partial charge is 0.139 e. The SMILES string of the molecule is C[C@@](N)(C=O)Cc1ccc(O)c(I)c1. The summed E-state index contributed by atoms with van der Waals surface area (Å²) >= 11 is 2.03. The van der Waals surface area contributed by atoms with Crippen LogP contribution in [0, 0.1) is 3.57 Å². The van der Waals surface area contributed by atoms with Gasteiger partial charge in [0.25, 0.3) is 0 Å². The zero-order chi connectivity index (χ0) is 10.8. The molecule has 1 rings (SSSR count). The Morgan fingerprint density at radius 1 is 1.64 bits per heavy atom. The van der Waals surface area contributed by atoms with Crippen LogP contribution in [0.3, 0.4) is 0 Å². The van der Waals surface area contributed by atoms with Crippen molar-refractivity contribution in [3.8, 4) is 5.75 Å². The highest BCUT2D eigenvalue weighted by Gasteiger charge is 2.17. The topological polar surface area (TPSA) is 63.3 Å². The van der Waals surface area contributed by atoms with Gasteiger partial charge < -0.3 is 15.6 Å². The Kier molecular flexibility index (Phi) is 3.49. The van der Waals surface area contributed by atoms with Gasteiger partial charge in [-0.2, -0.15) is 0 Å². The van der Waals surface area contributed by atoms with Gasteiger partial charge in [0.2, 0.25) is 0 Å². The van der Waals surface area contributed by atoms with Crippen molar-refractivity contribution < 1.29 is 9.90 Å². The molecule has 4 heteroatoms. The van der Waals surface area contributed by atoms with Gasteiger partial charge in [0.1, 0.15) is 12.0 Å². The number of aldehydes is 1. The number of aromatic hydroxyl groups is 1. The van der Waals surface area contributed by atoms with Crippen LogP contribution in [0.15, 0.2) is 18.2 Å². The number of nitrogens with two attached hydrogens (primary N) is 1. The lowest BCUT2D eigenvalue weighted by atomic mass is 9.96. The quantitative estimate of drug-likeness (QED) is 0.656. The summed E-state index contributed by atoms with van der Waals surface area (Å²) in [4.78, 5) is 10.6. The third-order valence-corrected chi connectivity index (χ3v) is 2.73. The van der Waals surface area contributed by atoms with E-state index >= 15 is 0 Å². The van der Waals surface area contributed by atoms with Crippen molar-refractivity contribution in [1.29, 1.82) is 0 Å². The molecule has 0 fully saturated rings. The summed E-state index contributed by atoms with van der Waals surface area (Å²) in [6, 6.07) is 5.20. The summed E-state index contributed by atoms with van der Waals surface area (Å²) in [5, 5.41) is 9.29. The van der Waals surface area contributed by atoms with Gasteiger partial charge >= 0.3 is 0 Å². The number of benzene rings is 1. The molecule has 0 aliphatic carbocycles. The molecule has 0 aliphatic rings. The first-order valence-electron chi connectivity index (χ1n) is 4.17. The molecule has 1 aromatic carbocycles. The Bertz CT molecular complexity index is 350. The molecule has 0 heterocycles. The number of rotatable bonds is 3. The molecule has 0 saturated carbocycles. The van der Waals surface area contributed by atoms with Gasteiger partial charge in [0.05, 0.1) is 9.11 Å². The first-order chi connectivity index (χ1) is 6.44. The number of carbonyl (C=O) groups excluding carboxylic acids is 1. The number of hydrogen-bond acceptors (Lipinski definition) is 3. The molecule has 0 aromatic heterocycles. The predicted molar refractivity (Wildman–Crippen MR) is 63.2 cm³/mol. The highest BCUT2D eigenvalue weighted by atomic mass is 127. The van der Waals surface area contributed by atoms with Crippen LogP contribution in [0.5, 0.6) is 5.75 Å². The predicted octanol–water partition coefficient (Wildman–Crippen LogP) is 1.46. The van der Waals surface area contributed by atoms with Crippen LogP contribution in [-0.4, -0.2) is 16.9 Å². The van der Waals surface area contributed by atoms with Crippen LogP contribution in [-0.2, 0) is 11.2 Å². The average Bonchev–Trinajstić information content (AvgIpc) is 2.11. The van der Waals surface area contributed by atoms with E-state index in [-0.39, 0.29) is 5.75 Å².